The van der Waals surface area contributed by atoms with Crippen molar-refractivity contribution in [3.63, 3.8) is 0 Å². The zero-order valence-corrected chi connectivity index (χ0v) is 18.1. The first-order valence-corrected chi connectivity index (χ1v) is 10.3. The monoisotopic (exact) mass is 477 g/mol. The van der Waals surface area contributed by atoms with E-state index in [2.05, 4.69) is 25.3 Å². The molecule has 1 amide bonds. The Morgan fingerprint density at radius 1 is 1.23 bits per heavy atom. The quantitative estimate of drug-likeness (QED) is 0.370. The molecule has 0 saturated carbocycles. The van der Waals surface area contributed by atoms with Crippen molar-refractivity contribution in [3.05, 3.63) is 63.4 Å². The van der Waals surface area contributed by atoms with E-state index in [0.717, 1.165) is 11.3 Å². The fourth-order valence-electron chi connectivity index (χ4n) is 2.72. The average molecular weight is 478 g/mol. The number of amides is 1. The number of hydrogen-bond acceptors (Lipinski definition) is 7. The number of ether oxygens (including phenoxy) is 1. The van der Waals surface area contributed by atoms with Gasteiger partial charge in [-0.3, -0.25) is 10.1 Å². The molecule has 1 aromatic carbocycles. The number of nitrogens with zero attached hydrogens (tertiary/aromatic N) is 3. The molecule has 3 heterocycles. The molecule has 0 aliphatic carbocycles. The number of rotatable bonds is 6. The van der Waals surface area contributed by atoms with Crippen molar-refractivity contribution in [2.24, 2.45) is 0 Å². The number of aromatic amines is 1. The molecule has 31 heavy (non-hydrogen) atoms. The van der Waals surface area contributed by atoms with Gasteiger partial charge in [-0.05, 0) is 25.1 Å². The van der Waals surface area contributed by atoms with Crippen molar-refractivity contribution in [1.82, 2.24) is 19.9 Å². The number of carbonyl (C=O) groups excluding carboxylic acids is 1. The summed E-state index contributed by atoms with van der Waals surface area (Å²) in [6, 6.07) is 4.50. The molecule has 0 aliphatic rings. The maximum Gasteiger partial charge on any atom is 0.335 e. The van der Waals surface area contributed by atoms with E-state index in [1.807, 2.05) is 0 Å². The van der Waals surface area contributed by atoms with Crippen LogP contribution in [-0.4, -0.2) is 36.9 Å². The molecule has 0 spiro atoms. The Bertz CT molecular complexity index is 1310. The first-order valence-electron chi connectivity index (χ1n) is 8.75. The minimum atomic E-state index is -1.12. The van der Waals surface area contributed by atoms with E-state index in [1.165, 1.54) is 12.1 Å². The highest BCUT2D eigenvalue weighted by atomic mass is 35.5. The van der Waals surface area contributed by atoms with Gasteiger partial charge in [-0.2, -0.15) is 0 Å². The van der Waals surface area contributed by atoms with Gasteiger partial charge in [-0.25, -0.2) is 19.7 Å². The molecule has 0 fully saturated rings. The second kappa shape index (κ2) is 8.50. The Balaban J connectivity index is 1.65. The molecule has 0 unspecified atom stereocenters. The fraction of sp³-hybridized carbons (Fsp3) is 0.105. The first-order chi connectivity index (χ1) is 14.8. The van der Waals surface area contributed by atoms with E-state index in [4.69, 9.17) is 27.9 Å². The van der Waals surface area contributed by atoms with Gasteiger partial charge in [-0.15, -0.1) is 0 Å². The van der Waals surface area contributed by atoms with Crippen LogP contribution in [0, 0.1) is 6.92 Å². The lowest BCUT2D eigenvalue weighted by Crippen LogP contribution is -2.12. The number of nitrogens with one attached hydrogen (secondary N) is 2. The van der Waals surface area contributed by atoms with Crippen LogP contribution in [0.15, 0.2) is 30.6 Å². The maximum absolute atomic E-state index is 12.6. The Morgan fingerprint density at radius 2 is 1.97 bits per heavy atom. The van der Waals surface area contributed by atoms with Gasteiger partial charge in [-0.1, -0.05) is 34.5 Å². The number of anilines is 1. The van der Waals surface area contributed by atoms with Gasteiger partial charge in [0.05, 0.1) is 20.3 Å². The number of carbonyl (C=O) groups is 2. The summed E-state index contributed by atoms with van der Waals surface area (Å²) >= 11 is 13.2. The van der Waals surface area contributed by atoms with E-state index >= 15 is 0 Å². The standard InChI is InChI=1S/C19H13Cl2N5O4S/c1-8-13(20)14(21)16(24-8)17(27)26-19-25-15-10(30-7-12-22-3-2-4-23-12)5-9(18(28)29)6-11(15)31-19/h2-6,24H,7H2,1H3,(H,28,29)(H,25,26,27). The molecule has 9 nitrogen and oxygen atoms in total. The van der Waals surface area contributed by atoms with Crippen molar-refractivity contribution >= 4 is 61.8 Å². The molecule has 3 aromatic heterocycles. The average Bonchev–Trinajstić information content (AvgIpc) is 3.28. The fourth-order valence-corrected chi connectivity index (χ4v) is 4.05. The van der Waals surface area contributed by atoms with Gasteiger partial charge >= 0.3 is 5.97 Å². The van der Waals surface area contributed by atoms with Crippen LogP contribution in [-0.2, 0) is 6.61 Å². The molecular weight excluding hydrogens is 465 g/mol. The molecule has 0 saturated heterocycles. The number of benzene rings is 1. The molecule has 0 radical (unpaired) electrons. The van der Waals surface area contributed by atoms with Gasteiger partial charge in [0.2, 0.25) is 0 Å². The summed E-state index contributed by atoms with van der Waals surface area (Å²) in [7, 11) is 0. The van der Waals surface area contributed by atoms with Crippen LogP contribution in [0.2, 0.25) is 10.0 Å². The molecular formula is C19H13Cl2N5O4S. The minimum Gasteiger partial charge on any atom is -0.483 e. The number of aromatic carboxylic acids is 1. The summed E-state index contributed by atoms with van der Waals surface area (Å²) in [6.45, 7) is 1.71. The number of hydrogen-bond donors (Lipinski definition) is 3. The van der Waals surface area contributed by atoms with Gasteiger partial charge in [0.1, 0.15) is 23.6 Å². The molecule has 4 aromatic rings. The van der Waals surface area contributed by atoms with E-state index < -0.39 is 11.9 Å². The third-order valence-corrected chi connectivity index (χ3v) is 6.05. The Labute approximate surface area is 189 Å². The Hall–Kier alpha value is -3.21. The highest BCUT2D eigenvalue weighted by Crippen LogP contribution is 2.35. The zero-order valence-electron chi connectivity index (χ0n) is 15.8. The summed E-state index contributed by atoms with van der Waals surface area (Å²) < 4.78 is 6.26. The van der Waals surface area contributed by atoms with Crippen molar-refractivity contribution in [2.45, 2.75) is 13.5 Å². The highest BCUT2D eigenvalue weighted by Gasteiger charge is 2.21. The largest absolute Gasteiger partial charge is 0.483 e. The lowest BCUT2D eigenvalue weighted by molar-refractivity contribution is 0.0696. The highest BCUT2D eigenvalue weighted by molar-refractivity contribution is 7.22. The predicted octanol–water partition coefficient (Wildman–Crippen LogP) is 4.56. The van der Waals surface area contributed by atoms with Gasteiger partial charge in [0.25, 0.3) is 5.91 Å². The summed E-state index contributed by atoms with van der Waals surface area (Å²) in [5.41, 5.74) is 1.08. The number of carboxylic acid groups (broad SMARTS) is 1. The topological polar surface area (TPSA) is 130 Å². The normalized spacial score (nSPS) is 10.9. The molecule has 0 aliphatic heterocycles. The number of halogens is 2. The van der Waals surface area contributed by atoms with E-state index in [0.29, 0.717) is 21.7 Å². The van der Waals surface area contributed by atoms with Crippen molar-refractivity contribution in [1.29, 1.82) is 0 Å². The maximum atomic E-state index is 12.6. The Morgan fingerprint density at radius 3 is 2.61 bits per heavy atom. The van der Waals surface area contributed by atoms with Crippen molar-refractivity contribution in [2.75, 3.05) is 5.32 Å². The summed E-state index contributed by atoms with van der Waals surface area (Å²) in [4.78, 5) is 39.5. The molecule has 4 rings (SSSR count). The van der Waals surface area contributed by atoms with Crippen LogP contribution in [0.4, 0.5) is 5.13 Å². The predicted molar refractivity (Wildman–Crippen MR) is 116 cm³/mol. The number of carboxylic acids is 1. The Kier molecular flexibility index (Phi) is 5.77. The third kappa shape index (κ3) is 4.31. The zero-order chi connectivity index (χ0) is 22.1. The van der Waals surface area contributed by atoms with Crippen LogP contribution < -0.4 is 10.1 Å². The van der Waals surface area contributed by atoms with Crippen molar-refractivity contribution in [3.8, 4) is 5.75 Å². The van der Waals surface area contributed by atoms with E-state index in [9.17, 15) is 14.7 Å². The number of fused-ring (bicyclic) bond motifs is 1. The number of thiazole rings is 1. The first kappa shape index (κ1) is 21.0. The van der Waals surface area contributed by atoms with Crippen LogP contribution in [0.5, 0.6) is 5.75 Å². The van der Waals surface area contributed by atoms with Crippen molar-refractivity contribution < 1.29 is 19.4 Å². The van der Waals surface area contributed by atoms with Crippen LogP contribution in [0.3, 0.4) is 0 Å². The SMILES string of the molecule is Cc1[nH]c(C(=O)Nc2nc3c(OCc4ncccn4)cc(C(=O)O)cc3s2)c(Cl)c1Cl. The summed E-state index contributed by atoms with van der Waals surface area (Å²) in [6.07, 6.45) is 3.15. The van der Waals surface area contributed by atoms with Crippen LogP contribution in [0.1, 0.15) is 32.4 Å². The summed E-state index contributed by atoms with van der Waals surface area (Å²) in [5.74, 6) is -0.993. The molecule has 158 valence electrons. The third-order valence-electron chi connectivity index (χ3n) is 4.18. The number of H-pyrrole nitrogens is 1. The lowest BCUT2D eigenvalue weighted by Gasteiger charge is -2.07. The molecule has 12 heteroatoms. The van der Waals surface area contributed by atoms with Crippen LogP contribution >= 0.6 is 34.5 Å². The van der Waals surface area contributed by atoms with Crippen LogP contribution in [0.25, 0.3) is 10.2 Å². The molecule has 0 bridgehead atoms. The second-order valence-electron chi connectivity index (χ2n) is 6.31. The van der Waals surface area contributed by atoms with E-state index in [1.54, 1.807) is 25.4 Å². The minimum absolute atomic E-state index is 0.0211. The smallest absolute Gasteiger partial charge is 0.335 e. The second-order valence-corrected chi connectivity index (χ2v) is 8.09. The summed E-state index contributed by atoms with van der Waals surface area (Å²) in [5, 5.41) is 12.7. The van der Waals surface area contributed by atoms with Gasteiger partial charge in [0.15, 0.2) is 11.0 Å². The number of aromatic nitrogens is 4. The molecule has 0 atom stereocenters. The number of aryl methyl sites for hydroxylation is 1. The molecule has 3 N–H and O–H groups in total. The van der Waals surface area contributed by atoms with Gasteiger partial charge in [0, 0.05) is 18.1 Å². The van der Waals surface area contributed by atoms with Gasteiger partial charge < -0.3 is 14.8 Å². The van der Waals surface area contributed by atoms with E-state index in [-0.39, 0.29) is 38.8 Å². The lowest BCUT2D eigenvalue weighted by atomic mass is 10.2.